The van der Waals surface area contributed by atoms with E-state index in [9.17, 15) is 0 Å². The van der Waals surface area contributed by atoms with Crippen molar-refractivity contribution >= 4 is 0 Å². The van der Waals surface area contributed by atoms with Gasteiger partial charge in [0.2, 0.25) is 0 Å². The van der Waals surface area contributed by atoms with Gasteiger partial charge in [-0.15, -0.1) is 0 Å². The molecule has 2 unspecified atom stereocenters. The topological polar surface area (TPSA) is 41.3 Å². The van der Waals surface area contributed by atoms with Crippen LogP contribution < -0.4 is 5.32 Å². The first-order valence-electron chi connectivity index (χ1n) is 5.79. The first-order chi connectivity index (χ1) is 7.43. The highest BCUT2D eigenvalue weighted by molar-refractivity contribution is 5.00. The van der Waals surface area contributed by atoms with Crippen molar-refractivity contribution in [2.45, 2.75) is 37.9 Å². The van der Waals surface area contributed by atoms with E-state index >= 15 is 0 Å². The van der Waals surface area contributed by atoms with Crippen molar-refractivity contribution in [1.29, 1.82) is 0 Å². The van der Waals surface area contributed by atoms with Crippen LogP contribution in [0.4, 0.5) is 0 Å². The van der Waals surface area contributed by atoms with E-state index in [0.717, 1.165) is 31.4 Å². The Morgan fingerprint density at radius 2 is 2.33 bits per heavy atom. The Balaban J connectivity index is 1.74. The van der Waals surface area contributed by atoms with Gasteiger partial charge < -0.3 is 9.84 Å². The molecule has 2 fully saturated rings. The molecule has 0 radical (unpaired) electrons. The van der Waals surface area contributed by atoms with Gasteiger partial charge in [0.1, 0.15) is 6.26 Å². The standard InChI is InChI=1S/C11H17N3O/c1-2-11-7-12-5-3-10(1)14(11)8-9-4-6-15-13-9/h4,6,10-12H,1-3,5,7-8H2. The number of aromatic nitrogens is 1. The van der Waals surface area contributed by atoms with Crippen LogP contribution in [0.5, 0.6) is 0 Å². The second kappa shape index (κ2) is 3.94. The normalized spacial score (nSPS) is 31.7. The zero-order chi connectivity index (χ0) is 10.1. The lowest BCUT2D eigenvalue weighted by molar-refractivity contribution is 0.188. The Labute approximate surface area is 89.6 Å². The summed E-state index contributed by atoms with van der Waals surface area (Å²) in [5.41, 5.74) is 1.06. The summed E-state index contributed by atoms with van der Waals surface area (Å²) in [4.78, 5) is 2.60. The summed E-state index contributed by atoms with van der Waals surface area (Å²) < 4.78 is 4.89. The highest BCUT2D eigenvalue weighted by atomic mass is 16.5. The molecule has 3 rings (SSSR count). The molecular weight excluding hydrogens is 190 g/mol. The van der Waals surface area contributed by atoms with E-state index in [0.29, 0.717) is 6.04 Å². The van der Waals surface area contributed by atoms with Crippen LogP contribution in [0.1, 0.15) is 25.0 Å². The summed E-state index contributed by atoms with van der Waals surface area (Å²) in [5.74, 6) is 0. The van der Waals surface area contributed by atoms with Gasteiger partial charge in [-0.2, -0.15) is 0 Å². The molecule has 2 atom stereocenters. The molecule has 0 saturated carbocycles. The summed E-state index contributed by atoms with van der Waals surface area (Å²) in [5, 5.41) is 7.50. The number of nitrogens with one attached hydrogen (secondary N) is 1. The fourth-order valence-corrected chi connectivity index (χ4v) is 2.85. The van der Waals surface area contributed by atoms with E-state index in [-0.39, 0.29) is 0 Å². The van der Waals surface area contributed by atoms with Crippen LogP contribution in [0.15, 0.2) is 16.9 Å². The Morgan fingerprint density at radius 3 is 3.20 bits per heavy atom. The van der Waals surface area contributed by atoms with Gasteiger partial charge in [-0.1, -0.05) is 5.16 Å². The Bertz CT molecular complexity index is 298. The zero-order valence-corrected chi connectivity index (χ0v) is 8.85. The molecule has 4 nitrogen and oxygen atoms in total. The van der Waals surface area contributed by atoms with Gasteiger partial charge in [0.05, 0.1) is 5.69 Å². The van der Waals surface area contributed by atoms with Crippen LogP contribution in [0, 0.1) is 0 Å². The predicted molar refractivity (Wildman–Crippen MR) is 56.3 cm³/mol. The third-order valence-corrected chi connectivity index (χ3v) is 3.64. The molecule has 1 aromatic heterocycles. The molecule has 0 aromatic carbocycles. The Morgan fingerprint density at radius 1 is 1.40 bits per heavy atom. The minimum atomic E-state index is 0.703. The molecule has 0 amide bonds. The average molecular weight is 207 g/mol. The van der Waals surface area contributed by atoms with Gasteiger partial charge in [-0.25, -0.2) is 0 Å². The maximum Gasteiger partial charge on any atom is 0.124 e. The molecule has 2 aliphatic heterocycles. The van der Waals surface area contributed by atoms with E-state index in [1.54, 1.807) is 6.26 Å². The van der Waals surface area contributed by atoms with Crippen LogP contribution in [0.25, 0.3) is 0 Å². The van der Waals surface area contributed by atoms with Crippen LogP contribution in [-0.4, -0.2) is 35.2 Å². The molecule has 0 aliphatic carbocycles. The number of fused-ring (bicyclic) bond motifs is 2. The third-order valence-electron chi connectivity index (χ3n) is 3.64. The van der Waals surface area contributed by atoms with Crippen LogP contribution in [0.2, 0.25) is 0 Å². The minimum Gasteiger partial charge on any atom is -0.364 e. The second-order valence-electron chi connectivity index (χ2n) is 4.54. The van der Waals surface area contributed by atoms with E-state index in [1.165, 1.54) is 19.3 Å². The smallest absolute Gasteiger partial charge is 0.124 e. The first-order valence-corrected chi connectivity index (χ1v) is 5.79. The Hall–Kier alpha value is -0.870. The monoisotopic (exact) mass is 207 g/mol. The lowest BCUT2D eigenvalue weighted by Crippen LogP contribution is -2.37. The van der Waals surface area contributed by atoms with E-state index in [4.69, 9.17) is 4.52 Å². The van der Waals surface area contributed by atoms with Crippen molar-refractivity contribution in [3.63, 3.8) is 0 Å². The fourth-order valence-electron chi connectivity index (χ4n) is 2.85. The summed E-state index contributed by atoms with van der Waals surface area (Å²) in [6.45, 7) is 3.25. The highest BCUT2D eigenvalue weighted by Gasteiger charge is 2.34. The number of rotatable bonds is 2. The first kappa shape index (κ1) is 9.36. The van der Waals surface area contributed by atoms with Crippen molar-refractivity contribution in [3.05, 3.63) is 18.0 Å². The lowest BCUT2D eigenvalue weighted by atomic mass is 10.1. The molecule has 1 N–H and O–H groups in total. The number of hydrogen-bond acceptors (Lipinski definition) is 4. The second-order valence-corrected chi connectivity index (χ2v) is 4.54. The van der Waals surface area contributed by atoms with Gasteiger partial charge in [-0.3, -0.25) is 4.90 Å². The van der Waals surface area contributed by atoms with Gasteiger partial charge in [0.25, 0.3) is 0 Å². The van der Waals surface area contributed by atoms with Gasteiger partial charge >= 0.3 is 0 Å². The molecule has 2 bridgehead atoms. The molecular formula is C11H17N3O. The van der Waals surface area contributed by atoms with Gasteiger partial charge in [0, 0.05) is 31.2 Å². The van der Waals surface area contributed by atoms with Crippen molar-refractivity contribution < 1.29 is 4.52 Å². The largest absolute Gasteiger partial charge is 0.364 e. The quantitative estimate of drug-likeness (QED) is 0.785. The van der Waals surface area contributed by atoms with Crippen molar-refractivity contribution in [1.82, 2.24) is 15.4 Å². The molecule has 2 aliphatic rings. The summed E-state index contributed by atoms with van der Waals surface area (Å²) in [7, 11) is 0. The maximum atomic E-state index is 4.89. The van der Waals surface area contributed by atoms with Crippen LogP contribution >= 0.6 is 0 Å². The predicted octanol–water partition coefficient (Wildman–Crippen LogP) is 1.00. The molecule has 2 saturated heterocycles. The molecule has 4 heteroatoms. The van der Waals surface area contributed by atoms with Crippen LogP contribution in [0.3, 0.4) is 0 Å². The van der Waals surface area contributed by atoms with E-state index in [2.05, 4.69) is 15.4 Å². The molecule has 0 spiro atoms. The molecule has 3 heterocycles. The number of hydrogen-bond donors (Lipinski definition) is 1. The Kier molecular flexibility index (Phi) is 2.46. The third kappa shape index (κ3) is 1.79. The molecule has 82 valence electrons. The molecule has 15 heavy (non-hydrogen) atoms. The van der Waals surface area contributed by atoms with Gasteiger partial charge in [-0.05, 0) is 25.8 Å². The zero-order valence-electron chi connectivity index (χ0n) is 8.85. The summed E-state index contributed by atoms with van der Waals surface area (Å²) in [6, 6.07) is 3.42. The average Bonchev–Trinajstić information content (AvgIpc) is 2.76. The summed E-state index contributed by atoms with van der Waals surface area (Å²) in [6.07, 6.45) is 5.61. The maximum absolute atomic E-state index is 4.89. The molecule has 1 aromatic rings. The fraction of sp³-hybridized carbons (Fsp3) is 0.727. The van der Waals surface area contributed by atoms with Crippen molar-refractivity contribution in [2.24, 2.45) is 0 Å². The van der Waals surface area contributed by atoms with Crippen molar-refractivity contribution in [3.8, 4) is 0 Å². The number of nitrogens with zero attached hydrogens (tertiary/aromatic N) is 2. The van der Waals surface area contributed by atoms with Gasteiger partial charge in [0.15, 0.2) is 0 Å². The van der Waals surface area contributed by atoms with E-state index in [1.807, 2.05) is 6.07 Å². The van der Waals surface area contributed by atoms with Crippen molar-refractivity contribution in [2.75, 3.05) is 13.1 Å². The van der Waals surface area contributed by atoms with Crippen LogP contribution in [-0.2, 0) is 6.54 Å². The highest BCUT2D eigenvalue weighted by Crippen LogP contribution is 2.29. The van der Waals surface area contributed by atoms with E-state index < -0.39 is 0 Å². The minimum absolute atomic E-state index is 0.703. The SMILES string of the molecule is c1cc(CN2C3CCNCC2CC3)no1. The summed E-state index contributed by atoms with van der Waals surface area (Å²) >= 11 is 0. The lowest BCUT2D eigenvalue weighted by Gasteiger charge is -2.26.